The Kier molecular flexibility index (Phi) is 8.78. The molecule has 0 aliphatic carbocycles. The average molecular weight is 344 g/mol. The first-order valence-corrected chi connectivity index (χ1v) is 8.25. The fourth-order valence-corrected chi connectivity index (χ4v) is 1.71. The molecule has 2 atom stereocenters. The molecule has 0 aromatic heterocycles. The van der Waals surface area contributed by atoms with E-state index in [1.807, 2.05) is 13.8 Å². The van der Waals surface area contributed by atoms with E-state index in [2.05, 4.69) is 5.32 Å². The standard InChI is InChI=1S/C17H32N2O5/c1-11(2)10-23-15(21)13(4)19(8)14(20)9-12(3)18-16(22)24-17(5,6)7/h11-13H,9-10H2,1-8H3,(H,18,22)/t12-,13-/m0/s1. The molecule has 0 aliphatic rings. The van der Waals surface area contributed by atoms with Crippen LogP contribution in [-0.4, -0.2) is 54.2 Å². The minimum atomic E-state index is -0.676. The summed E-state index contributed by atoms with van der Waals surface area (Å²) in [4.78, 5) is 37.1. The maximum absolute atomic E-state index is 12.2. The van der Waals surface area contributed by atoms with E-state index in [0.717, 1.165) is 0 Å². The molecule has 0 unspecified atom stereocenters. The lowest BCUT2D eigenvalue weighted by Crippen LogP contribution is -2.45. The van der Waals surface area contributed by atoms with Gasteiger partial charge >= 0.3 is 12.1 Å². The van der Waals surface area contributed by atoms with Gasteiger partial charge in [0.25, 0.3) is 0 Å². The van der Waals surface area contributed by atoms with Gasteiger partial charge in [-0.3, -0.25) is 4.79 Å². The van der Waals surface area contributed by atoms with Gasteiger partial charge in [-0.1, -0.05) is 13.8 Å². The predicted molar refractivity (Wildman–Crippen MR) is 91.5 cm³/mol. The summed E-state index contributed by atoms with van der Waals surface area (Å²) >= 11 is 0. The summed E-state index contributed by atoms with van der Waals surface area (Å²) in [7, 11) is 1.55. The molecule has 0 heterocycles. The van der Waals surface area contributed by atoms with Crippen molar-refractivity contribution in [2.75, 3.05) is 13.7 Å². The summed E-state index contributed by atoms with van der Waals surface area (Å²) in [6.45, 7) is 12.8. The lowest BCUT2D eigenvalue weighted by atomic mass is 10.2. The molecule has 0 fully saturated rings. The molecule has 7 nitrogen and oxygen atoms in total. The molecule has 1 N–H and O–H groups in total. The number of esters is 1. The summed E-state index contributed by atoms with van der Waals surface area (Å²) in [5.41, 5.74) is -0.598. The van der Waals surface area contributed by atoms with Gasteiger partial charge in [0.15, 0.2) is 0 Å². The van der Waals surface area contributed by atoms with Crippen LogP contribution in [0.4, 0.5) is 4.79 Å². The van der Waals surface area contributed by atoms with Crippen molar-refractivity contribution < 1.29 is 23.9 Å². The van der Waals surface area contributed by atoms with Crippen LogP contribution in [0.3, 0.4) is 0 Å². The van der Waals surface area contributed by atoms with Crippen molar-refractivity contribution in [1.82, 2.24) is 10.2 Å². The molecule has 0 saturated heterocycles. The summed E-state index contributed by atoms with van der Waals surface area (Å²) in [5.74, 6) is -0.458. The highest BCUT2D eigenvalue weighted by Crippen LogP contribution is 2.08. The van der Waals surface area contributed by atoms with E-state index in [9.17, 15) is 14.4 Å². The van der Waals surface area contributed by atoms with Gasteiger partial charge in [-0.2, -0.15) is 0 Å². The lowest BCUT2D eigenvalue weighted by Gasteiger charge is -2.26. The van der Waals surface area contributed by atoms with Gasteiger partial charge in [0.05, 0.1) is 6.61 Å². The first-order chi connectivity index (χ1) is 10.8. The minimum absolute atomic E-state index is 0.0670. The molecule has 24 heavy (non-hydrogen) atoms. The van der Waals surface area contributed by atoms with Gasteiger partial charge in [-0.15, -0.1) is 0 Å². The van der Waals surface area contributed by atoms with Crippen molar-refractivity contribution in [2.24, 2.45) is 5.92 Å². The minimum Gasteiger partial charge on any atom is -0.464 e. The van der Waals surface area contributed by atoms with Crippen LogP contribution in [0.1, 0.15) is 54.9 Å². The largest absolute Gasteiger partial charge is 0.464 e. The van der Waals surface area contributed by atoms with Crippen LogP contribution in [-0.2, 0) is 19.1 Å². The average Bonchev–Trinajstić information content (AvgIpc) is 2.40. The Bertz CT molecular complexity index is 443. The van der Waals surface area contributed by atoms with E-state index in [1.54, 1.807) is 41.7 Å². The molecule has 0 spiro atoms. The number of hydrogen-bond donors (Lipinski definition) is 1. The molecule has 140 valence electrons. The molecule has 0 aliphatic heterocycles. The molecule has 0 aromatic carbocycles. The predicted octanol–water partition coefficient (Wildman–Crippen LogP) is 2.34. The number of hydrogen-bond acceptors (Lipinski definition) is 5. The maximum Gasteiger partial charge on any atom is 0.407 e. The molecular weight excluding hydrogens is 312 g/mol. The molecule has 2 amide bonds. The van der Waals surface area contributed by atoms with Crippen molar-refractivity contribution >= 4 is 18.0 Å². The van der Waals surface area contributed by atoms with Crippen LogP contribution in [0.5, 0.6) is 0 Å². The molecule has 0 radical (unpaired) electrons. The smallest absolute Gasteiger partial charge is 0.407 e. The van der Waals surface area contributed by atoms with Crippen molar-refractivity contribution in [3.8, 4) is 0 Å². The van der Waals surface area contributed by atoms with E-state index in [0.29, 0.717) is 6.61 Å². The summed E-state index contributed by atoms with van der Waals surface area (Å²) in [5, 5.41) is 2.61. The zero-order valence-electron chi connectivity index (χ0n) is 16.1. The van der Waals surface area contributed by atoms with Crippen LogP contribution in [0, 0.1) is 5.92 Å². The Labute approximate surface area is 145 Å². The second-order valence-electron chi connectivity index (χ2n) is 7.46. The molecule has 0 rings (SSSR count). The van der Waals surface area contributed by atoms with Gasteiger partial charge < -0.3 is 19.7 Å². The number of ether oxygens (including phenoxy) is 2. The zero-order valence-corrected chi connectivity index (χ0v) is 16.1. The van der Waals surface area contributed by atoms with Crippen LogP contribution in [0.15, 0.2) is 0 Å². The highest BCUT2D eigenvalue weighted by atomic mass is 16.6. The third kappa shape index (κ3) is 9.37. The van der Waals surface area contributed by atoms with Crippen molar-refractivity contribution in [3.63, 3.8) is 0 Å². The number of nitrogens with zero attached hydrogens (tertiary/aromatic N) is 1. The maximum atomic E-state index is 12.2. The Balaban J connectivity index is 4.43. The van der Waals surface area contributed by atoms with Crippen LogP contribution >= 0.6 is 0 Å². The fourth-order valence-electron chi connectivity index (χ4n) is 1.71. The normalized spacial score (nSPS) is 13.9. The van der Waals surface area contributed by atoms with Gasteiger partial charge in [-0.05, 0) is 40.5 Å². The Morgan fingerprint density at radius 2 is 1.62 bits per heavy atom. The van der Waals surface area contributed by atoms with Crippen molar-refractivity contribution in [2.45, 2.75) is 72.6 Å². The van der Waals surface area contributed by atoms with Crippen LogP contribution < -0.4 is 5.32 Å². The second-order valence-corrected chi connectivity index (χ2v) is 7.46. The second kappa shape index (κ2) is 9.49. The molecule has 0 aromatic rings. The number of alkyl carbamates (subject to hydrolysis) is 1. The van der Waals surface area contributed by atoms with E-state index in [1.165, 1.54) is 4.90 Å². The number of amides is 2. The van der Waals surface area contributed by atoms with Crippen molar-refractivity contribution in [1.29, 1.82) is 0 Å². The summed E-state index contributed by atoms with van der Waals surface area (Å²) in [6, 6.07) is -1.08. The highest BCUT2D eigenvalue weighted by Gasteiger charge is 2.26. The van der Waals surface area contributed by atoms with E-state index in [4.69, 9.17) is 9.47 Å². The SMILES string of the molecule is CC(C)COC(=O)[C@H](C)N(C)C(=O)C[C@H](C)NC(=O)OC(C)(C)C. The first-order valence-electron chi connectivity index (χ1n) is 8.25. The topological polar surface area (TPSA) is 84.9 Å². The quantitative estimate of drug-likeness (QED) is 0.717. The molecule has 0 saturated carbocycles. The number of likely N-dealkylation sites (N-methyl/N-ethyl adjacent to an activating group) is 1. The first kappa shape index (κ1) is 22.2. The summed E-state index contributed by atoms with van der Waals surface area (Å²) in [6.07, 6.45) is -0.507. The lowest BCUT2D eigenvalue weighted by molar-refractivity contribution is -0.154. The van der Waals surface area contributed by atoms with Gasteiger partial charge in [-0.25, -0.2) is 9.59 Å². The third-order valence-corrected chi connectivity index (χ3v) is 3.12. The monoisotopic (exact) mass is 344 g/mol. The van der Waals surface area contributed by atoms with E-state index >= 15 is 0 Å². The number of nitrogens with one attached hydrogen (secondary N) is 1. The van der Waals surface area contributed by atoms with E-state index < -0.39 is 29.7 Å². The Morgan fingerprint density at radius 1 is 1.08 bits per heavy atom. The molecule has 7 heteroatoms. The number of carbonyl (C=O) groups excluding carboxylic acids is 3. The fraction of sp³-hybridized carbons (Fsp3) is 0.824. The van der Waals surface area contributed by atoms with Gasteiger partial charge in [0.2, 0.25) is 5.91 Å². The van der Waals surface area contributed by atoms with Crippen molar-refractivity contribution in [3.05, 3.63) is 0 Å². The zero-order chi connectivity index (χ0) is 19.1. The highest BCUT2D eigenvalue weighted by molar-refractivity contribution is 5.84. The number of rotatable bonds is 7. The summed E-state index contributed by atoms with van der Waals surface area (Å²) < 4.78 is 10.3. The molecule has 0 bridgehead atoms. The van der Waals surface area contributed by atoms with Crippen LogP contribution in [0.2, 0.25) is 0 Å². The Hall–Kier alpha value is -1.79. The molecular formula is C17H32N2O5. The van der Waals surface area contributed by atoms with Crippen LogP contribution in [0.25, 0.3) is 0 Å². The third-order valence-electron chi connectivity index (χ3n) is 3.12. The van der Waals surface area contributed by atoms with Gasteiger partial charge in [0, 0.05) is 19.5 Å². The number of carbonyl (C=O) groups is 3. The van der Waals surface area contributed by atoms with E-state index in [-0.39, 0.29) is 18.2 Å². The van der Waals surface area contributed by atoms with Gasteiger partial charge in [0.1, 0.15) is 11.6 Å². The Morgan fingerprint density at radius 3 is 2.08 bits per heavy atom.